The molecule has 0 fully saturated rings. The summed E-state index contributed by atoms with van der Waals surface area (Å²) < 4.78 is 0. The lowest BCUT2D eigenvalue weighted by Gasteiger charge is -1.98. The second-order valence-electron chi connectivity index (χ2n) is 2.68. The third-order valence-electron chi connectivity index (χ3n) is 1.54. The molecule has 0 radical (unpaired) electrons. The highest BCUT2D eigenvalue weighted by Crippen LogP contribution is 2.04. The van der Waals surface area contributed by atoms with Gasteiger partial charge in [-0.2, -0.15) is 0 Å². The van der Waals surface area contributed by atoms with Crippen LogP contribution in [0.25, 0.3) is 0 Å². The van der Waals surface area contributed by atoms with Gasteiger partial charge < -0.3 is 0 Å². The molecule has 0 amide bonds. The quantitative estimate of drug-likeness (QED) is 0.484. The first kappa shape index (κ1) is 7.26. The lowest BCUT2D eigenvalue weighted by Crippen LogP contribution is -1.90. The van der Waals surface area contributed by atoms with E-state index in [9.17, 15) is 0 Å². The summed E-state index contributed by atoms with van der Waals surface area (Å²) in [6, 6.07) is 0. The Labute approximate surface area is 62.2 Å². The van der Waals surface area contributed by atoms with Crippen molar-refractivity contribution in [1.82, 2.24) is 0 Å². The zero-order valence-corrected chi connectivity index (χ0v) is 6.59. The van der Waals surface area contributed by atoms with Gasteiger partial charge in [0.05, 0.1) is 0 Å². The highest BCUT2D eigenvalue weighted by atomic mass is 14.7. The van der Waals surface area contributed by atoms with Crippen LogP contribution in [0.15, 0.2) is 28.9 Å². The number of hydrogen-bond acceptors (Lipinski definition) is 1. The maximum absolute atomic E-state index is 4.27. The smallest absolute Gasteiger partial charge is 0.0296 e. The fourth-order valence-corrected chi connectivity index (χ4v) is 0.881. The fourth-order valence-electron chi connectivity index (χ4n) is 0.881. The van der Waals surface area contributed by atoms with Crippen molar-refractivity contribution < 1.29 is 0 Å². The minimum Gasteiger partial charge on any atom is -0.266 e. The van der Waals surface area contributed by atoms with Crippen LogP contribution in [-0.2, 0) is 0 Å². The molecular weight excluding hydrogens is 122 g/mol. The van der Waals surface area contributed by atoms with Gasteiger partial charge in [-0.25, -0.2) is 0 Å². The molecule has 1 heterocycles. The first-order chi connectivity index (χ1) is 4.79. The Kier molecular flexibility index (Phi) is 2.43. The summed E-state index contributed by atoms with van der Waals surface area (Å²) in [5.74, 6) is 0. The van der Waals surface area contributed by atoms with Gasteiger partial charge in [-0.1, -0.05) is 12.2 Å². The Morgan fingerprint density at radius 2 is 2.20 bits per heavy atom. The Morgan fingerprint density at radius 1 is 1.40 bits per heavy atom. The van der Waals surface area contributed by atoms with E-state index in [0.717, 1.165) is 12.8 Å². The lowest BCUT2D eigenvalue weighted by molar-refractivity contribution is 1.07. The van der Waals surface area contributed by atoms with Crippen LogP contribution < -0.4 is 0 Å². The lowest BCUT2D eigenvalue weighted by atomic mass is 10.1. The minimum absolute atomic E-state index is 1.10. The number of nitrogens with zero attached hydrogens (tertiary/aromatic N) is 1. The van der Waals surface area contributed by atoms with Crippen molar-refractivity contribution in [3.63, 3.8) is 0 Å². The topological polar surface area (TPSA) is 12.4 Å². The average molecular weight is 135 g/mol. The molecule has 0 aromatic heterocycles. The second kappa shape index (κ2) is 3.35. The zero-order chi connectivity index (χ0) is 7.40. The van der Waals surface area contributed by atoms with Gasteiger partial charge in [-0.3, -0.25) is 4.99 Å². The van der Waals surface area contributed by atoms with Gasteiger partial charge in [-0.15, -0.1) is 0 Å². The molecule has 10 heavy (non-hydrogen) atoms. The van der Waals surface area contributed by atoms with E-state index in [1.807, 2.05) is 6.20 Å². The van der Waals surface area contributed by atoms with Gasteiger partial charge in [0.2, 0.25) is 0 Å². The van der Waals surface area contributed by atoms with Crippen molar-refractivity contribution in [2.45, 2.75) is 26.7 Å². The van der Waals surface area contributed by atoms with Crippen LogP contribution in [0, 0.1) is 0 Å². The first-order valence-corrected chi connectivity index (χ1v) is 3.65. The molecule has 0 aromatic rings. The normalized spacial score (nSPS) is 27.4. The molecule has 1 heteroatoms. The molecule has 0 spiro atoms. The van der Waals surface area contributed by atoms with Gasteiger partial charge in [-0.05, 0) is 32.3 Å². The van der Waals surface area contributed by atoms with Crippen LogP contribution in [0.1, 0.15) is 26.7 Å². The summed E-state index contributed by atoms with van der Waals surface area (Å²) in [6.07, 6.45) is 8.46. The molecule has 1 aliphatic heterocycles. The molecule has 0 atom stereocenters. The van der Waals surface area contributed by atoms with Crippen molar-refractivity contribution >= 4 is 5.71 Å². The van der Waals surface area contributed by atoms with E-state index in [4.69, 9.17) is 0 Å². The van der Waals surface area contributed by atoms with Crippen molar-refractivity contribution in [1.29, 1.82) is 0 Å². The molecule has 0 saturated heterocycles. The third-order valence-corrected chi connectivity index (χ3v) is 1.54. The van der Waals surface area contributed by atoms with Crippen molar-refractivity contribution in [3.8, 4) is 0 Å². The highest BCUT2D eigenvalue weighted by Gasteiger charge is 1.91. The van der Waals surface area contributed by atoms with Gasteiger partial charge in [0, 0.05) is 11.9 Å². The summed E-state index contributed by atoms with van der Waals surface area (Å²) in [4.78, 5) is 4.27. The second-order valence-corrected chi connectivity index (χ2v) is 2.68. The standard InChI is InChI=1S/C9H13N/c1-8-5-3-4-6-9(2)10-7-8/h3,5,7H,4,6H2,1-2H3/b5-3-,8-7-,10-9?. The van der Waals surface area contributed by atoms with E-state index in [0.29, 0.717) is 0 Å². The van der Waals surface area contributed by atoms with Gasteiger partial charge in [0.1, 0.15) is 0 Å². The van der Waals surface area contributed by atoms with Crippen LogP contribution in [0.5, 0.6) is 0 Å². The maximum atomic E-state index is 4.27. The summed E-state index contributed by atoms with van der Waals surface area (Å²) in [5.41, 5.74) is 2.46. The Bertz CT molecular complexity index is 197. The van der Waals surface area contributed by atoms with Crippen LogP contribution in [0.4, 0.5) is 0 Å². The van der Waals surface area contributed by atoms with E-state index in [1.54, 1.807) is 0 Å². The summed E-state index contributed by atoms with van der Waals surface area (Å²) in [7, 11) is 0. The van der Waals surface area contributed by atoms with Crippen molar-refractivity contribution in [2.75, 3.05) is 0 Å². The molecule has 0 saturated carbocycles. The predicted molar refractivity (Wildman–Crippen MR) is 45.2 cm³/mol. The van der Waals surface area contributed by atoms with Crippen LogP contribution >= 0.6 is 0 Å². The number of hydrogen-bond donors (Lipinski definition) is 0. The van der Waals surface area contributed by atoms with E-state index in [-0.39, 0.29) is 0 Å². The Balaban J connectivity index is 2.75. The molecular formula is C9H13N. The molecule has 0 aliphatic carbocycles. The molecule has 0 bridgehead atoms. The third kappa shape index (κ3) is 2.18. The molecule has 54 valence electrons. The molecule has 1 aliphatic rings. The van der Waals surface area contributed by atoms with E-state index < -0.39 is 0 Å². The molecule has 0 unspecified atom stereocenters. The van der Waals surface area contributed by atoms with Crippen molar-refractivity contribution in [2.24, 2.45) is 4.99 Å². The van der Waals surface area contributed by atoms with Crippen molar-refractivity contribution in [3.05, 3.63) is 23.9 Å². The Morgan fingerprint density at radius 3 is 3.00 bits per heavy atom. The molecule has 0 aromatic carbocycles. The summed E-state index contributed by atoms with van der Waals surface area (Å²) in [5, 5.41) is 0. The van der Waals surface area contributed by atoms with E-state index in [2.05, 4.69) is 31.0 Å². The largest absolute Gasteiger partial charge is 0.266 e. The van der Waals surface area contributed by atoms with Gasteiger partial charge in [0.15, 0.2) is 0 Å². The number of aliphatic imine (C=N–C) groups is 1. The molecule has 1 rings (SSSR count). The number of allylic oxidation sites excluding steroid dienone is 3. The molecule has 1 nitrogen and oxygen atoms in total. The average Bonchev–Trinajstić information content (AvgIpc) is 1.90. The highest BCUT2D eigenvalue weighted by molar-refractivity contribution is 5.82. The monoisotopic (exact) mass is 135 g/mol. The van der Waals surface area contributed by atoms with Gasteiger partial charge in [0.25, 0.3) is 0 Å². The molecule has 0 N–H and O–H groups in total. The predicted octanol–water partition coefficient (Wildman–Crippen LogP) is 2.70. The summed E-state index contributed by atoms with van der Waals surface area (Å²) in [6.45, 7) is 4.14. The van der Waals surface area contributed by atoms with E-state index >= 15 is 0 Å². The zero-order valence-electron chi connectivity index (χ0n) is 6.59. The number of rotatable bonds is 0. The van der Waals surface area contributed by atoms with Crippen LogP contribution in [0.2, 0.25) is 0 Å². The first-order valence-electron chi connectivity index (χ1n) is 3.65. The minimum atomic E-state index is 1.10. The maximum Gasteiger partial charge on any atom is 0.0296 e. The Hall–Kier alpha value is -0.850. The van der Waals surface area contributed by atoms with E-state index in [1.165, 1.54) is 11.3 Å². The van der Waals surface area contributed by atoms with Crippen LogP contribution in [0.3, 0.4) is 0 Å². The SMILES string of the molecule is CC1=N/C=C(C)\C=C/CC1. The van der Waals surface area contributed by atoms with Crippen LogP contribution in [-0.4, -0.2) is 5.71 Å². The van der Waals surface area contributed by atoms with Gasteiger partial charge >= 0.3 is 0 Å². The fraction of sp³-hybridized carbons (Fsp3) is 0.444. The summed E-state index contributed by atoms with van der Waals surface area (Å²) >= 11 is 0.